The maximum Gasteiger partial charge on any atom is 0.341 e. The smallest absolute Gasteiger partial charge is 0.341 e. The molecule has 3 heterocycles. The predicted molar refractivity (Wildman–Crippen MR) is 134 cm³/mol. The van der Waals surface area contributed by atoms with Crippen LogP contribution in [0.5, 0.6) is 0 Å². The van der Waals surface area contributed by atoms with Crippen molar-refractivity contribution in [2.75, 3.05) is 6.61 Å². The van der Waals surface area contributed by atoms with Crippen LogP contribution in [0.2, 0.25) is 0 Å². The zero-order chi connectivity index (χ0) is 24.9. The predicted octanol–water partition coefficient (Wildman–Crippen LogP) is 4.07. The molecule has 35 heavy (non-hydrogen) atoms. The minimum absolute atomic E-state index is 0.0612. The number of carbonyl (C=O) groups is 2. The van der Waals surface area contributed by atoms with Crippen LogP contribution in [0.25, 0.3) is 16.7 Å². The molecule has 3 aromatic heterocycles. The number of ether oxygens (including phenoxy) is 1. The molecule has 1 aromatic carbocycles. The Morgan fingerprint density at radius 1 is 1.06 bits per heavy atom. The third kappa shape index (κ3) is 4.91. The molecule has 0 saturated heterocycles. The molecule has 8 heteroatoms. The van der Waals surface area contributed by atoms with Crippen LogP contribution >= 0.6 is 0 Å². The molecule has 0 radical (unpaired) electrons. The van der Waals surface area contributed by atoms with Gasteiger partial charge in [-0.3, -0.25) is 14.0 Å². The molecule has 0 N–H and O–H groups in total. The normalized spacial score (nSPS) is 11.8. The van der Waals surface area contributed by atoms with E-state index in [-0.39, 0.29) is 28.6 Å². The molecule has 0 aliphatic carbocycles. The zero-order valence-electron chi connectivity index (χ0n) is 20.2. The van der Waals surface area contributed by atoms with Crippen molar-refractivity contribution >= 4 is 28.6 Å². The number of benzene rings is 1. The van der Waals surface area contributed by atoms with Gasteiger partial charge in [-0.25, -0.2) is 9.78 Å². The van der Waals surface area contributed by atoms with Crippen molar-refractivity contribution in [2.45, 2.75) is 46.6 Å². The van der Waals surface area contributed by atoms with Gasteiger partial charge in [-0.05, 0) is 50.6 Å². The number of carbonyl (C=O) groups excluding carboxylic acids is 2. The molecule has 1 amide bonds. The summed E-state index contributed by atoms with van der Waals surface area (Å²) in [5.74, 6) is -1.14. The summed E-state index contributed by atoms with van der Waals surface area (Å²) in [5, 5.41) is 0.259. The number of aryl methyl sites for hydroxylation is 2. The average Bonchev–Trinajstić information content (AvgIpc) is 2.86. The van der Waals surface area contributed by atoms with Crippen molar-refractivity contribution in [3.63, 3.8) is 0 Å². The third-order valence-corrected chi connectivity index (χ3v) is 5.78. The lowest BCUT2D eigenvalue weighted by Gasteiger charge is -2.15. The molecule has 4 aromatic rings. The van der Waals surface area contributed by atoms with Crippen LogP contribution in [0.15, 0.2) is 64.5 Å². The Morgan fingerprint density at radius 2 is 1.83 bits per heavy atom. The van der Waals surface area contributed by atoms with E-state index in [9.17, 15) is 14.4 Å². The molecule has 0 bridgehead atoms. The molecular weight excluding hydrogens is 444 g/mol. The molecular formula is C27H28N4O4. The van der Waals surface area contributed by atoms with Gasteiger partial charge in [0.2, 0.25) is 0 Å². The maximum absolute atomic E-state index is 13.3. The van der Waals surface area contributed by atoms with Gasteiger partial charge in [-0.15, -0.1) is 0 Å². The zero-order valence-corrected chi connectivity index (χ0v) is 20.2. The molecule has 180 valence electrons. The lowest BCUT2D eigenvalue weighted by molar-refractivity contribution is 0.0523. The first-order chi connectivity index (χ1) is 16.9. The molecule has 0 aliphatic rings. The van der Waals surface area contributed by atoms with Crippen molar-refractivity contribution in [2.24, 2.45) is 4.99 Å². The van der Waals surface area contributed by atoms with Crippen molar-refractivity contribution in [3.8, 4) is 0 Å². The highest BCUT2D eigenvalue weighted by molar-refractivity contribution is 5.97. The second-order valence-corrected chi connectivity index (χ2v) is 8.33. The van der Waals surface area contributed by atoms with E-state index in [0.717, 1.165) is 24.8 Å². The van der Waals surface area contributed by atoms with Crippen LogP contribution in [-0.4, -0.2) is 32.4 Å². The van der Waals surface area contributed by atoms with E-state index in [0.29, 0.717) is 23.4 Å². The molecule has 4 rings (SSSR count). The van der Waals surface area contributed by atoms with Gasteiger partial charge >= 0.3 is 5.97 Å². The number of unbranched alkanes of at least 4 members (excludes halogenated alkanes) is 2. The average molecular weight is 473 g/mol. The van der Waals surface area contributed by atoms with Crippen LogP contribution in [0.1, 0.15) is 59.4 Å². The van der Waals surface area contributed by atoms with E-state index in [2.05, 4.69) is 11.9 Å². The standard InChI is InChI=1S/C27H28N4O4/c1-4-6-8-16-31-23-20(26(33)30-15-9-7-10-22(30)28-23)17-21(27(34)35-5-2)24(31)29-25(32)19-13-11-18(3)12-14-19/h7,9-15,17H,4-6,8,16H2,1-3H3. The summed E-state index contributed by atoms with van der Waals surface area (Å²) in [6.07, 6.45) is 4.30. The monoisotopic (exact) mass is 472 g/mol. The van der Waals surface area contributed by atoms with Crippen LogP contribution in [0.4, 0.5) is 0 Å². The van der Waals surface area contributed by atoms with E-state index in [1.807, 2.05) is 19.1 Å². The fourth-order valence-electron chi connectivity index (χ4n) is 3.95. The van der Waals surface area contributed by atoms with Gasteiger partial charge in [0.1, 0.15) is 16.9 Å². The highest BCUT2D eigenvalue weighted by Gasteiger charge is 2.20. The Morgan fingerprint density at radius 3 is 2.54 bits per heavy atom. The number of esters is 1. The first-order valence-electron chi connectivity index (χ1n) is 11.8. The molecule has 0 spiro atoms. The molecule has 0 fully saturated rings. The number of nitrogens with zero attached hydrogens (tertiary/aromatic N) is 4. The third-order valence-electron chi connectivity index (χ3n) is 5.78. The highest BCUT2D eigenvalue weighted by atomic mass is 16.5. The van der Waals surface area contributed by atoms with E-state index >= 15 is 0 Å². The van der Waals surface area contributed by atoms with Gasteiger partial charge in [0.15, 0.2) is 5.49 Å². The minimum atomic E-state index is -0.647. The number of aromatic nitrogens is 3. The Hall–Kier alpha value is -4.07. The molecule has 8 nitrogen and oxygen atoms in total. The Kier molecular flexibility index (Phi) is 7.19. The first kappa shape index (κ1) is 24.1. The van der Waals surface area contributed by atoms with E-state index in [4.69, 9.17) is 9.72 Å². The SMILES string of the molecule is CCCCCn1c(=NC(=O)c2ccc(C)cc2)c(C(=O)OCC)cc2c(=O)n3ccccc3nc21. The Bertz CT molecular complexity index is 1530. The molecule has 0 saturated carbocycles. The largest absolute Gasteiger partial charge is 0.462 e. The Labute approximate surface area is 202 Å². The summed E-state index contributed by atoms with van der Waals surface area (Å²) in [6, 6.07) is 13.8. The van der Waals surface area contributed by atoms with Crippen molar-refractivity contribution < 1.29 is 14.3 Å². The summed E-state index contributed by atoms with van der Waals surface area (Å²) < 4.78 is 8.41. The number of fused-ring (bicyclic) bond motifs is 2. The van der Waals surface area contributed by atoms with E-state index in [1.54, 1.807) is 48.0 Å². The lowest BCUT2D eigenvalue weighted by atomic mass is 10.1. The van der Waals surface area contributed by atoms with Gasteiger partial charge in [0.25, 0.3) is 11.5 Å². The van der Waals surface area contributed by atoms with Crippen LogP contribution < -0.4 is 11.0 Å². The summed E-state index contributed by atoms with van der Waals surface area (Å²) in [7, 11) is 0. The van der Waals surface area contributed by atoms with Gasteiger partial charge in [0.05, 0.1) is 12.0 Å². The summed E-state index contributed by atoms with van der Waals surface area (Å²) in [4.78, 5) is 48.6. The van der Waals surface area contributed by atoms with Crippen molar-refractivity contribution in [3.05, 3.63) is 87.3 Å². The van der Waals surface area contributed by atoms with Crippen LogP contribution in [0.3, 0.4) is 0 Å². The fraction of sp³-hybridized carbons (Fsp3) is 0.296. The second kappa shape index (κ2) is 10.5. The first-order valence-corrected chi connectivity index (χ1v) is 11.8. The van der Waals surface area contributed by atoms with Gasteiger partial charge < -0.3 is 9.30 Å². The van der Waals surface area contributed by atoms with E-state index in [1.165, 1.54) is 10.5 Å². The van der Waals surface area contributed by atoms with Crippen molar-refractivity contribution in [1.82, 2.24) is 14.0 Å². The highest BCUT2D eigenvalue weighted by Crippen LogP contribution is 2.13. The van der Waals surface area contributed by atoms with Gasteiger partial charge in [0, 0.05) is 18.3 Å². The number of rotatable bonds is 7. The topological polar surface area (TPSA) is 95.0 Å². The number of hydrogen-bond acceptors (Lipinski definition) is 5. The minimum Gasteiger partial charge on any atom is -0.462 e. The second-order valence-electron chi connectivity index (χ2n) is 8.33. The molecule has 0 atom stereocenters. The number of hydrogen-bond donors (Lipinski definition) is 0. The van der Waals surface area contributed by atoms with Crippen LogP contribution in [0, 0.1) is 6.92 Å². The summed E-state index contributed by atoms with van der Waals surface area (Å²) in [6.45, 7) is 6.30. The van der Waals surface area contributed by atoms with Gasteiger partial charge in [-0.1, -0.05) is 43.5 Å². The number of amides is 1. The molecule has 0 aliphatic heterocycles. The van der Waals surface area contributed by atoms with Crippen molar-refractivity contribution in [1.29, 1.82) is 0 Å². The van der Waals surface area contributed by atoms with Crippen LogP contribution in [-0.2, 0) is 11.3 Å². The lowest BCUT2D eigenvalue weighted by Crippen LogP contribution is -2.33. The maximum atomic E-state index is 13.3. The Balaban J connectivity index is 2.08. The van der Waals surface area contributed by atoms with E-state index < -0.39 is 11.9 Å². The quantitative estimate of drug-likeness (QED) is 0.230. The molecule has 0 unspecified atom stereocenters. The number of pyridine rings is 2. The summed E-state index contributed by atoms with van der Waals surface area (Å²) in [5.41, 5.74) is 2.16. The van der Waals surface area contributed by atoms with Gasteiger partial charge in [-0.2, -0.15) is 4.99 Å². The fourth-order valence-corrected chi connectivity index (χ4v) is 3.95. The summed E-state index contributed by atoms with van der Waals surface area (Å²) >= 11 is 0.